The number of nitrogens with one attached hydrogen (secondary N) is 1. The maximum atomic E-state index is 11.9. The first kappa shape index (κ1) is 15.4. The van der Waals surface area contributed by atoms with Crippen molar-refractivity contribution in [1.82, 2.24) is 5.32 Å². The molecule has 0 heterocycles. The van der Waals surface area contributed by atoms with Gasteiger partial charge >= 0.3 is 5.97 Å². The molecule has 2 aromatic carbocycles. The number of amides is 1. The van der Waals surface area contributed by atoms with Crippen LogP contribution in [0.1, 0.15) is 26.3 Å². The molecule has 0 fully saturated rings. The number of hydrogen-bond acceptors (Lipinski definition) is 5. The molecular weight excluding hydrogens is 286 g/mol. The Balaban J connectivity index is 2.00. The van der Waals surface area contributed by atoms with Crippen molar-refractivity contribution in [3.8, 4) is 11.5 Å². The van der Waals surface area contributed by atoms with Crippen molar-refractivity contribution in [2.24, 2.45) is 0 Å². The van der Waals surface area contributed by atoms with Crippen LogP contribution < -0.4 is 5.32 Å². The summed E-state index contributed by atoms with van der Waals surface area (Å²) in [7, 11) is 1.31. The van der Waals surface area contributed by atoms with E-state index in [1.165, 1.54) is 19.2 Å². The number of phenolic OH excluding ortho intramolecular Hbond substituents is 2. The van der Waals surface area contributed by atoms with E-state index in [1.54, 1.807) is 24.3 Å². The number of ether oxygens (including phenoxy) is 1. The average molecular weight is 301 g/mol. The molecule has 0 radical (unpaired) electrons. The van der Waals surface area contributed by atoms with Gasteiger partial charge in [-0.05, 0) is 29.8 Å². The third-order valence-electron chi connectivity index (χ3n) is 2.99. The van der Waals surface area contributed by atoms with Crippen LogP contribution in [0.15, 0.2) is 42.5 Å². The highest BCUT2D eigenvalue weighted by Gasteiger charge is 2.09. The van der Waals surface area contributed by atoms with Gasteiger partial charge in [0.15, 0.2) is 0 Å². The van der Waals surface area contributed by atoms with Gasteiger partial charge < -0.3 is 20.3 Å². The van der Waals surface area contributed by atoms with Crippen molar-refractivity contribution >= 4 is 11.9 Å². The van der Waals surface area contributed by atoms with Crippen molar-refractivity contribution < 1.29 is 24.5 Å². The minimum absolute atomic E-state index is 0.156. The number of aromatic hydroxyl groups is 2. The summed E-state index contributed by atoms with van der Waals surface area (Å²) >= 11 is 0. The van der Waals surface area contributed by atoms with E-state index in [0.717, 1.165) is 11.6 Å². The summed E-state index contributed by atoms with van der Waals surface area (Å²) in [6.07, 6.45) is 0. The normalized spacial score (nSPS) is 10.0. The Hall–Kier alpha value is -3.02. The van der Waals surface area contributed by atoms with Gasteiger partial charge in [0.1, 0.15) is 11.5 Å². The van der Waals surface area contributed by atoms with E-state index in [2.05, 4.69) is 10.1 Å². The molecule has 0 saturated carbocycles. The van der Waals surface area contributed by atoms with Crippen molar-refractivity contribution in [2.75, 3.05) is 7.11 Å². The summed E-state index contributed by atoms with van der Waals surface area (Å²) in [4.78, 5) is 23.2. The third kappa shape index (κ3) is 3.76. The standard InChI is InChI=1S/C16H15NO5/c1-22-16(21)11-4-2-10(3-5-11)9-17-15(20)12-6-13(18)8-14(19)7-12/h2-8,18-19H,9H2,1H3,(H,17,20). The number of hydrogen-bond donors (Lipinski definition) is 3. The van der Waals surface area contributed by atoms with Gasteiger partial charge in [0.25, 0.3) is 5.91 Å². The molecule has 114 valence electrons. The van der Waals surface area contributed by atoms with Gasteiger partial charge in [-0.3, -0.25) is 4.79 Å². The lowest BCUT2D eigenvalue weighted by Gasteiger charge is -2.07. The Kier molecular flexibility index (Phi) is 4.63. The highest BCUT2D eigenvalue weighted by molar-refractivity contribution is 5.95. The lowest BCUT2D eigenvalue weighted by Crippen LogP contribution is -2.22. The Labute approximate surface area is 127 Å². The van der Waals surface area contributed by atoms with Crippen LogP contribution in [0.25, 0.3) is 0 Å². The van der Waals surface area contributed by atoms with E-state index < -0.39 is 11.9 Å². The molecule has 2 rings (SSSR count). The molecule has 3 N–H and O–H groups in total. The fourth-order valence-corrected chi connectivity index (χ4v) is 1.89. The quantitative estimate of drug-likeness (QED) is 0.749. The van der Waals surface area contributed by atoms with E-state index >= 15 is 0 Å². The summed E-state index contributed by atoms with van der Waals surface area (Å²) in [5.41, 5.74) is 1.38. The number of benzene rings is 2. The number of esters is 1. The van der Waals surface area contributed by atoms with Crippen LogP contribution in [0.3, 0.4) is 0 Å². The van der Waals surface area contributed by atoms with E-state index in [1.807, 2.05) is 0 Å². The SMILES string of the molecule is COC(=O)c1ccc(CNC(=O)c2cc(O)cc(O)c2)cc1. The third-order valence-corrected chi connectivity index (χ3v) is 2.99. The first-order valence-corrected chi connectivity index (χ1v) is 6.48. The molecule has 0 aromatic heterocycles. The summed E-state index contributed by atoms with van der Waals surface area (Å²) < 4.78 is 4.60. The molecule has 0 spiro atoms. The molecule has 0 unspecified atom stereocenters. The predicted octanol–water partition coefficient (Wildman–Crippen LogP) is 1.81. The molecule has 0 saturated heterocycles. The maximum Gasteiger partial charge on any atom is 0.337 e. The van der Waals surface area contributed by atoms with Crippen molar-refractivity contribution in [3.05, 3.63) is 59.2 Å². The second kappa shape index (κ2) is 6.62. The van der Waals surface area contributed by atoms with Crippen LogP contribution in [-0.2, 0) is 11.3 Å². The molecule has 22 heavy (non-hydrogen) atoms. The van der Waals surface area contributed by atoms with Crippen LogP contribution >= 0.6 is 0 Å². The lowest BCUT2D eigenvalue weighted by atomic mass is 10.1. The minimum Gasteiger partial charge on any atom is -0.508 e. The molecule has 2 aromatic rings. The topological polar surface area (TPSA) is 95.9 Å². The second-order valence-corrected chi connectivity index (χ2v) is 4.61. The van der Waals surface area contributed by atoms with Gasteiger partial charge in [0, 0.05) is 18.2 Å². The fraction of sp³-hybridized carbons (Fsp3) is 0.125. The molecular formula is C16H15NO5. The summed E-state index contributed by atoms with van der Waals surface area (Å²) in [6.45, 7) is 0.247. The molecule has 0 aliphatic carbocycles. The number of carbonyl (C=O) groups excluding carboxylic acids is 2. The summed E-state index contributed by atoms with van der Waals surface area (Å²) in [5.74, 6) is -1.23. The maximum absolute atomic E-state index is 11.9. The largest absolute Gasteiger partial charge is 0.508 e. The van der Waals surface area contributed by atoms with Gasteiger partial charge in [0.2, 0.25) is 0 Å². The zero-order valence-corrected chi connectivity index (χ0v) is 11.9. The Morgan fingerprint density at radius 1 is 1.00 bits per heavy atom. The lowest BCUT2D eigenvalue weighted by molar-refractivity contribution is 0.0600. The zero-order valence-electron chi connectivity index (χ0n) is 11.9. The number of phenols is 2. The Morgan fingerprint density at radius 3 is 2.14 bits per heavy atom. The van der Waals surface area contributed by atoms with E-state index in [-0.39, 0.29) is 23.6 Å². The van der Waals surface area contributed by atoms with Gasteiger partial charge in [-0.1, -0.05) is 12.1 Å². The minimum atomic E-state index is -0.428. The molecule has 6 nitrogen and oxygen atoms in total. The zero-order chi connectivity index (χ0) is 16.1. The van der Waals surface area contributed by atoms with Crippen LogP contribution in [-0.4, -0.2) is 29.2 Å². The number of methoxy groups -OCH3 is 1. The monoisotopic (exact) mass is 301 g/mol. The number of rotatable bonds is 4. The van der Waals surface area contributed by atoms with Crippen molar-refractivity contribution in [1.29, 1.82) is 0 Å². The number of carbonyl (C=O) groups is 2. The molecule has 6 heteroatoms. The Bertz CT molecular complexity index is 674. The average Bonchev–Trinajstić information content (AvgIpc) is 2.51. The fourth-order valence-electron chi connectivity index (χ4n) is 1.89. The summed E-state index contributed by atoms with van der Waals surface area (Å²) in [6, 6.07) is 10.3. The van der Waals surface area contributed by atoms with Crippen molar-refractivity contribution in [3.63, 3.8) is 0 Å². The first-order chi connectivity index (χ1) is 10.5. The van der Waals surface area contributed by atoms with Crippen LogP contribution in [0.4, 0.5) is 0 Å². The van der Waals surface area contributed by atoms with E-state index in [0.29, 0.717) is 5.56 Å². The second-order valence-electron chi connectivity index (χ2n) is 4.61. The molecule has 0 aliphatic heterocycles. The van der Waals surface area contributed by atoms with E-state index in [9.17, 15) is 19.8 Å². The van der Waals surface area contributed by atoms with Gasteiger partial charge in [-0.25, -0.2) is 4.79 Å². The molecule has 0 atom stereocenters. The first-order valence-electron chi connectivity index (χ1n) is 6.48. The van der Waals surface area contributed by atoms with Gasteiger partial charge in [0.05, 0.1) is 12.7 Å². The highest BCUT2D eigenvalue weighted by Crippen LogP contribution is 2.20. The van der Waals surface area contributed by atoms with Gasteiger partial charge in [-0.15, -0.1) is 0 Å². The smallest absolute Gasteiger partial charge is 0.337 e. The van der Waals surface area contributed by atoms with Crippen LogP contribution in [0.5, 0.6) is 11.5 Å². The predicted molar refractivity (Wildman–Crippen MR) is 78.7 cm³/mol. The highest BCUT2D eigenvalue weighted by atomic mass is 16.5. The molecule has 1 amide bonds. The van der Waals surface area contributed by atoms with Gasteiger partial charge in [-0.2, -0.15) is 0 Å². The van der Waals surface area contributed by atoms with Crippen LogP contribution in [0.2, 0.25) is 0 Å². The van der Waals surface area contributed by atoms with Crippen molar-refractivity contribution in [2.45, 2.75) is 6.54 Å². The molecule has 0 aliphatic rings. The summed E-state index contributed by atoms with van der Waals surface area (Å²) in [5, 5.41) is 21.4. The van der Waals surface area contributed by atoms with E-state index in [4.69, 9.17) is 0 Å². The molecule has 0 bridgehead atoms. The van der Waals surface area contributed by atoms with Crippen LogP contribution in [0, 0.1) is 0 Å². The Morgan fingerprint density at radius 2 is 1.59 bits per heavy atom.